The number of aryl methyl sites for hydroxylation is 2. The quantitative estimate of drug-likeness (QED) is 0.462. The van der Waals surface area contributed by atoms with Crippen LogP contribution >= 0.6 is 23.8 Å². The lowest BCUT2D eigenvalue weighted by molar-refractivity contribution is -0.138. The van der Waals surface area contributed by atoms with Crippen LogP contribution in [0.2, 0.25) is 5.02 Å². The van der Waals surface area contributed by atoms with E-state index in [-0.39, 0.29) is 12.1 Å². The van der Waals surface area contributed by atoms with Gasteiger partial charge in [0.05, 0.1) is 11.9 Å². The summed E-state index contributed by atoms with van der Waals surface area (Å²) in [6, 6.07) is 11.0. The maximum absolute atomic E-state index is 13.5. The molecule has 0 saturated heterocycles. The number of halogens is 4. The SMILES string of the molecule is Cc1ccc(NC(=S)N(CCc2cncn2C)Cc2ccccc2C(F)(F)F)cc1Cl. The van der Waals surface area contributed by atoms with Crippen LogP contribution in [0.1, 0.15) is 22.4 Å². The second kappa shape index (κ2) is 9.70. The second-order valence-electron chi connectivity index (χ2n) is 7.22. The summed E-state index contributed by atoms with van der Waals surface area (Å²) < 4.78 is 42.4. The number of nitrogens with zero attached hydrogens (tertiary/aromatic N) is 3. The average molecular weight is 467 g/mol. The largest absolute Gasteiger partial charge is 0.416 e. The third kappa shape index (κ3) is 5.98. The maximum atomic E-state index is 13.5. The molecule has 4 nitrogen and oxygen atoms in total. The van der Waals surface area contributed by atoms with Crippen molar-refractivity contribution in [2.45, 2.75) is 26.1 Å². The summed E-state index contributed by atoms with van der Waals surface area (Å²) in [5.41, 5.74) is 2.05. The van der Waals surface area contributed by atoms with E-state index in [1.165, 1.54) is 12.1 Å². The third-order valence-corrected chi connectivity index (χ3v) is 5.72. The summed E-state index contributed by atoms with van der Waals surface area (Å²) in [7, 11) is 1.87. The minimum absolute atomic E-state index is 0.0129. The van der Waals surface area contributed by atoms with Crippen LogP contribution in [-0.2, 0) is 26.2 Å². The van der Waals surface area contributed by atoms with Crippen molar-refractivity contribution < 1.29 is 13.2 Å². The van der Waals surface area contributed by atoms with Gasteiger partial charge in [-0.3, -0.25) is 0 Å². The van der Waals surface area contributed by atoms with Gasteiger partial charge < -0.3 is 14.8 Å². The van der Waals surface area contributed by atoms with Crippen molar-refractivity contribution in [1.29, 1.82) is 0 Å². The van der Waals surface area contributed by atoms with Crippen LogP contribution in [0.5, 0.6) is 0 Å². The van der Waals surface area contributed by atoms with Gasteiger partial charge in [-0.2, -0.15) is 13.2 Å². The van der Waals surface area contributed by atoms with Crippen molar-refractivity contribution in [3.8, 4) is 0 Å². The first kappa shape index (κ1) is 23.1. The third-order valence-electron chi connectivity index (χ3n) is 4.95. The smallest absolute Gasteiger partial charge is 0.344 e. The maximum Gasteiger partial charge on any atom is 0.416 e. The first-order chi connectivity index (χ1) is 14.6. The standard InChI is InChI=1S/C22H22ClF3N4S/c1-15-7-8-17(11-20(15)23)28-21(31)30(10-9-18-12-27-14-29(18)2)13-16-5-3-4-6-19(16)22(24,25)26/h3-8,11-12,14H,9-10,13H2,1-2H3,(H,28,31). The van der Waals surface area contributed by atoms with E-state index in [2.05, 4.69) is 10.3 Å². The Morgan fingerprint density at radius 1 is 1.23 bits per heavy atom. The van der Waals surface area contributed by atoms with Crippen molar-refractivity contribution in [1.82, 2.24) is 14.5 Å². The van der Waals surface area contributed by atoms with Gasteiger partial charge in [-0.25, -0.2) is 4.98 Å². The molecular formula is C22H22ClF3N4S. The molecule has 0 radical (unpaired) electrons. The number of rotatable bonds is 6. The fraction of sp³-hybridized carbons (Fsp3) is 0.273. The Bertz CT molecular complexity index is 1060. The van der Waals surface area contributed by atoms with E-state index in [4.69, 9.17) is 23.8 Å². The van der Waals surface area contributed by atoms with Crippen LogP contribution in [0.15, 0.2) is 55.0 Å². The molecule has 0 spiro atoms. The molecule has 0 atom stereocenters. The van der Waals surface area contributed by atoms with E-state index >= 15 is 0 Å². The summed E-state index contributed by atoms with van der Waals surface area (Å²) in [5, 5.41) is 4.00. The lowest BCUT2D eigenvalue weighted by Gasteiger charge is -2.27. The molecule has 1 aromatic heterocycles. The minimum Gasteiger partial charge on any atom is -0.344 e. The van der Waals surface area contributed by atoms with E-state index in [9.17, 15) is 13.2 Å². The van der Waals surface area contributed by atoms with Crippen LogP contribution in [0.4, 0.5) is 18.9 Å². The molecule has 0 fully saturated rings. The van der Waals surface area contributed by atoms with E-state index < -0.39 is 11.7 Å². The summed E-state index contributed by atoms with van der Waals surface area (Å²) in [6.45, 7) is 2.31. The molecule has 9 heteroatoms. The fourth-order valence-electron chi connectivity index (χ4n) is 3.14. The van der Waals surface area contributed by atoms with Gasteiger partial charge >= 0.3 is 6.18 Å². The molecule has 3 aromatic rings. The lowest BCUT2D eigenvalue weighted by atomic mass is 10.1. The fourth-order valence-corrected chi connectivity index (χ4v) is 3.60. The van der Waals surface area contributed by atoms with Gasteiger partial charge in [0.25, 0.3) is 0 Å². The highest BCUT2D eigenvalue weighted by atomic mass is 35.5. The van der Waals surface area contributed by atoms with Crippen LogP contribution < -0.4 is 5.32 Å². The first-order valence-corrected chi connectivity index (χ1v) is 10.4. The molecule has 1 N–H and O–H groups in total. The normalized spacial score (nSPS) is 11.4. The van der Waals surface area contributed by atoms with Gasteiger partial charge in [-0.05, 0) is 48.5 Å². The zero-order valence-electron chi connectivity index (χ0n) is 17.1. The monoisotopic (exact) mass is 466 g/mol. The summed E-state index contributed by atoms with van der Waals surface area (Å²) >= 11 is 11.8. The van der Waals surface area contributed by atoms with Crippen LogP contribution in [-0.4, -0.2) is 26.1 Å². The second-order valence-corrected chi connectivity index (χ2v) is 8.01. The van der Waals surface area contributed by atoms with Crippen molar-refractivity contribution in [2.75, 3.05) is 11.9 Å². The molecular weight excluding hydrogens is 445 g/mol. The number of nitrogens with one attached hydrogen (secondary N) is 1. The highest BCUT2D eigenvalue weighted by Crippen LogP contribution is 2.32. The van der Waals surface area contributed by atoms with Gasteiger partial charge in [0.15, 0.2) is 5.11 Å². The number of alkyl halides is 3. The molecule has 0 aliphatic carbocycles. The Kier molecular flexibility index (Phi) is 7.23. The number of benzene rings is 2. The Hall–Kier alpha value is -2.58. The van der Waals surface area contributed by atoms with Crippen molar-refractivity contribution in [3.05, 3.63) is 82.4 Å². The highest BCUT2D eigenvalue weighted by molar-refractivity contribution is 7.80. The molecule has 0 saturated carbocycles. The molecule has 0 unspecified atom stereocenters. The predicted molar refractivity (Wildman–Crippen MR) is 121 cm³/mol. The molecule has 164 valence electrons. The molecule has 0 bridgehead atoms. The number of hydrogen-bond acceptors (Lipinski definition) is 2. The summed E-state index contributed by atoms with van der Waals surface area (Å²) in [4.78, 5) is 5.82. The number of anilines is 1. The lowest BCUT2D eigenvalue weighted by Crippen LogP contribution is -2.36. The summed E-state index contributed by atoms with van der Waals surface area (Å²) in [5.74, 6) is 0. The van der Waals surface area contributed by atoms with Crippen molar-refractivity contribution in [2.24, 2.45) is 7.05 Å². The number of imidazole rings is 1. The van der Waals surface area contributed by atoms with E-state index in [0.29, 0.717) is 28.8 Å². The first-order valence-electron chi connectivity index (χ1n) is 9.57. The minimum atomic E-state index is -4.44. The van der Waals surface area contributed by atoms with Gasteiger partial charge in [0.1, 0.15) is 0 Å². The van der Waals surface area contributed by atoms with Crippen LogP contribution in [0, 0.1) is 6.92 Å². The van der Waals surface area contributed by atoms with E-state index in [1.54, 1.807) is 29.6 Å². The average Bonchev–Trinajstić information content (AvgIpc) is 3.12. The number of thiocarbonyl (C=S) groups is 1. The molecule has 2 aromatic carbocycles. The Labute approximate surface area is 189 Å². The Morgan fingerprint density at radius 3 is 2.61 bits per heavy atom. The molecule has 3 rings (SSSR count). The zero-order chi connectivity index (χ0) is 22.6. The highest BCUT2D eigenvalue weighted by Gasteiger charge is 2.33. The number of aromatic nitrogens is 2. The van der Waals surface area contributed by atoms with Crippen LogP contribution in [0.3, 0.4) is 0 Å². The number of hydrogen-bond donors (Lipinski definition) is 1. The van der Waals surface area contributed by atoms with E-state index in [0.717, 1.165) is 17.3 Å². The van der Waals surface area contributed by atoms with Gasteiger partial charge in [-0.15, -0.1) is 0 Å². The van der Waals surface area contributed by atoms with Crippen molar-refractivity contribution in [3.63, 3.8) is 0 Å². The molecule has 1 heterocycles. The van der Waals surface area contributed by atoms with Crippen molar-refractivity contribution >= 4 is 34.6 Å². The van der Waals surface area contributed by atoms with Gasteiger partial charge in [0.2, 0.25) is 0 Å². The Morgan fingerprint density at radius 2 is 1.97 bits per heavy atom. The molecule has 31 heavy (non-hydrogen) atoms. The topological polar surface area (TPSA) is 33.1 Å². The summed E-state index contributed by atoms with van der Waals surface area (Å²) in [6.07, 6.45) is -0.452. The molecule has 0 amide bonds. The van der Waals surface area contributed by atoms with Gasteiger partial charge in [0, 0.05) is 49.2 Å². The predicted octanol–water partition coefficient (Wildman–Crippen LogP) is 5.84. The van der Waals surface area contributed by atoms with Crippen LogP contribution in [0.25, 0.3) is 0 Å². The Balaban J connectivity index is 1.84. The van der Waals surface area contributed by atoms with Gasteiger partial charge in [-0.1, -0.05) is 35.9 Å². The zero-order valence-corrected chi connectivity index (χ0v) is 18.7. The van der Waals surface area contributed by atoms with E-state index in [1.807, 2.05) is 30.7 Å². The molecule has 0 aliphatic heterocycles. The molecule has 0 aliphatic rings.